The van der Waals surface area contributed by atoms with Gasteiger partial charge in [-0.1, -0.05) is 30.3 Å². The predicted octanol–water partition coefficient (Wildman–Crippen LogP) is 0.986. The highest BCUT2D eigenvalue weighted by Crippen LogP contribution is 1.98. The minimum Gasteiger partial charge on any atom is -0.297 e. The van der Waals surface area contributed by atoms with Crippen molar-refractivity contribution in [3.8, 4) is 0 Å². The molecule has 5 nitrogen and oxygen atoms in total. The lowest BCUT2D eigenvalue weighted by Crippen LogP contribution is -2.18. The number of hydrogen-bond acceptors (Lipinski definition) is 4. The van der Waals surface area contributed by atoms with Gasteiger partial charge in [-0.2, -0.15) is 8.42 Å². The van der Waals surface area contributed by atoms with Gasteiger partial charge >= 0.3 is 0 Å². The van der Waals surface area contributed by atoms with E-state index >= 15 is 0 Å². The summed E-state index contributed by atoms with van der Waals surface area (Å²) >= 11 is 0. The fraction of sp³-hybridized carbons (Fsp3) is 0.400. The third-order valence-electron chi connectivity index (χ3n) is 1.86. The molecule has 0 amide bonds. The molecular formula is C10H15NO4S. The Morgan fingerprint density at radius 2 is 1.94 bits per heavy atom. The van der Waals surface area contributed by atoms with Crippen LogP contribution in [0.2, 0.25) is 0 Å². The highest BCUT2D eigenvalue weighted by Gasteiger charge is 2.02. The van der Waals surface area contributed by atoms with Gasteiger partial charge in [-0.3, -0.25) is 9.39 Å². The van der Waals surface area contributed by atoms with Gasteiger partial charge in [0.2, 0.25) is 0 Å². The van der Waals surface area contributed by atoms with E-state index in [-0.39, 0.29) is 5.75 Å². The van der Waals surface area contributed by atoms with E-state index in [1.54, 1.807) is 0 Å². The van der Waals surface area contributed by atoms with Crippen LogP contribution in [0.1, 0.15) is 12.0 Å². The Morgan fingerprint density at radius 3 is 2.56 bits per heavy atom. The Hall–Kier alpha value is -0.950. The average Bonchev–Trinajstić information content (AvgIpc) is 2.23. The molecule has 6 heteroatoms. The van der Waals surface area contributed by atoms with Gasteiger partial charge in [-0.05, 0) is 12.0 Å². The minimum atomic E-state index is -3.86. The van der Waals surface area contributed by atoms with Crippen LogP contribution in [0.25, 0.3) is 0 Å². The highest BCUT2D eigenvalue weighted by molar-refractivity contribution is 7.85. The summed E-state index contributed by atoms with van der Waals surface area (Å²) in [5.74, 6) is -0.255. The van der Waals surface area contributed by atoms with Crippen molar-refractivity contribution in [1.82, 2.24) is 5.48 Å². The molecule has 0 aliphatic carbocycles. The van der Waals surface area contributed by atoms with Crippen molar-refractivity contribution in [2.45, 2.75) is 13.0 Å². The number of hydrogen-bond donors (Lipinski definition) is 2. The predicted molar refractivity (Wildman–Crippen MR) is 60.3 cm³/mol. The standard InChI is InChI=1S/C10H15NO4S/c12-16(13,14)8-4-7-11-15-9-10-5-2-1-3-6-10/h1-3,5-6,11H,4,7-9H2,(H,12,13,14). The van der Waals surface area contributed by atoms with Crippen LogP contribution in [0.3, 0.4) is 0 Å². The average molecular weight is 245 g/mol. The Bertz CT molecular complexity index is 391. The van der Waals surface area contributed by atoms with Crippen molar-refractivity contribution in [3.05, 3.63) is 35.9 Å². The molecule has 0 unspecified atom stereocenters. The first-order chi connectivity index (χ1) is 7.58. The Morgan fingerprint density at radius 1 is 1.25 bits per heavy atom. The summed E-state index contributed by atoms with van der Waals surface area (Å²) in [6, 6.07) is 9.61. The molecule has 0 atom stereocenters. The lowest BCUT2D eigenvalue weighted by atomic mass is 10.2. The molecule has 0 saturated heterocycles. The summed E-state index contributed by atoms with van der Waals surface area (Å²) in [6.07, 6.45) is 0.313. The molecule has 0 fully saturated rings. The van der Waals surface area contributed by atoms with Crippen molar-refractivity contribution in [1.29, 1.82) is 0 Å². The van der Waals surface area contributed by atoms with Crippen molar-refractivity contribution in [3.63, 3.8) is 0 Å². The van der Waals surface area contributed by atoms with Gasteiger partial charge in [0.15, 0.2) is 0 Å². The zero-order chi connectivity index (χ0) is 11.9. The van der Waals surface area contributed by atoms with Gasteiger partial charge in [0, 0.05) is 6.54 Å². The lowest BCUT2D eigenvalue weighted by molar-refractivity contribution is 0.0283. The topological polar surface area (TPSA) is 75.6 Å². The molecule has 0 spiro atoms. The van der Waals surface area contributed by atoms with E-state index in [2.05, 4.69) is 5.48 Å². The Kier molecular flexibility index (Phi) is 5.41. The van der Waals surface area contributed by atoms with Crippen molar-refractivity contribution >= 4 is 10.1 Å². The fourth-order valence-electron chi connectivity index (χ4n) is 1.11. The largest absolute Gasteiger partial charge is 0.297 e. The molecule has 0 heterocycles. The summed E-state index contributed by atoms with van der Waals surface area (Å²) in [5.41, 5.74) is 3.66. The maximum atomic E-state index is 10.4. The van der Waals surface area contributed by atoms with E-state index in [0.29, 0.717) is 19.6 Å². The number of rotatable bonds is 7. The zero-order valence-electron chi connectivity index (χ0n) is 8.80. The number of benzene rings is 1. The summed E-state index contributed by atoms with van der Waals surface area (Å²) in [7, 11) is -3.86. The van der Waals surface area contributed by atoms with E-state index in [1.165, 1.54) is 0 Å². The summed E-state index contributed by atoms with van der Waals surface area (Å²) in [5, 5.41) is 0. The molecule has 0 bridgehead atoms. The Balaban J connectivity index is 2.05. The second kappa shape index (κ2) is 6.59. The second-order valence-corrected chi connectivity index (χ2v) is 4.88. The van der Waals surface area contributed by atoms with Crippen LogP contribution in [0, 0.1) is 0 Å². The molecule has 0 aromatic heterocycles. The van der Waals surface area contributed by atoms with E-state index < -0.39 is 10.1 Å². The van der Waals surface area contributed by atoms with E-state index in [4.69, 9.17) is 9.39 Å². The van der Waals surface area contributed by atoms with Gasteiger partial charge in [-0.15, -0.1) is 0 Å². The SMILES string of the molecule is O=S(=O)(O)CCCNOCc1ccccc1. The van der Waals surface area contributed by atoms with Crippen LogP contribution in [0.5, 0.6) is 0 Å². The zero-order valence-corrected chi connectivity index (χ0v) is 9.61. The van der Waals surface area contributed by atoms with Crippen LogP contribution in [-0.2, 0) is 21.6 Å². The van der Waals surface area contributed by atoms with Crippen molar-refractivity contribution < 1.29 is 17.8 Å². The first-order valence-electron chi connectivity index (χ1n) is 4.92. The maximum Gasteiger partial charge on any atom is 0.264 e. The molecule has 1 rings (SSSR count). The van der Waals surface area contributed by atoms with E-state index in [1.807, 2.05) is 30.3 Å². The molecule has 90 valence electrons. The lowest BCUT2D eigenvalue weighted by Gasteiger charge is -2.04. The van der Waals surface area contributed by atoms with E-state index in [9.17, 15) is 8.42 Å². The fourth-order valence-corrected chi connectivity index (χ4v) is 1.62. The number of hydroxylamine groups is 1. The second-order valence-electron chi connectivity index (χ2n) is 3.31. The smallest absolute Gasteiger partial charge is 0.264 e. The maximum absolute atomic E-state index is 10.4. The van der Waals surface area contributed by atoms with Crippen molar-refractivity contribution in [2.24, 2.45) is 0 Å². The molecule has 2 N–H and O–H groups in total. The summed E-state index contributed by atoms with van der Waals surface area (Å²) < 4.78 is 29.2. The monoisotopic (exact) mass is 245 g/mol. The van der Waals surface area contributed by atoms with Gasteiger partial charge in [0.05, 0.1) is 12.4 Å². The van der Waals surface area contributed by atoms with Crippen LogP contribution in [0.15, 0.2) is 30.3 Å². The minimum absolute atomic E-state index is 0.255. The van der Waals surface area contributed by atoms with Crippen LogP contribution >= 0.6 is 0 Å². The molecule has 0 radical (unpaired) electrons. The molecular weight excluding hydrogens is 230 g/mol. The summed E-state index contributed by atoms with van der Waals surface area (Å²) in [4.78, 5) is 5.11. The summed E-state index contributed by atoms with van der Waals surface area (Å²) in [6.45, 7) is 0.805. The number of nitrogens with one attached hydrogen (secondary N) is 1. The van der Waals surface area contributed by atoms with Crippen LogP contribution < -0.4 is 5.48 Å². The molecule has 0 aliphatic heterocycles. The van der Waals surface area contributed by atoms with Crippen LogP contribution in [0.4, 0.5) is 0 Å². The molecule has 1 aromatic carbocycles. The Labute approximate surface area is 95.1 Å². The molecule has 0 aliphatic rings. The highest BCUT2D eigenvalue weighted by atomic mass is 32.2. The van der Waals surface area contributed by atoms with Gasteiger partial charge in [-0.25, -0.2) is 5.48 Å². The first-order valence-corrected chi connectivity index (χ1v) is 6.52. The van der Waals surface area contributed by atoms with Gasteiger partial charge in [0.1, 0.15) is 0 Å². The third kappa shape index (κ3) is 6.52. The van der Waals surface area contributed by atoms with Gasteiger partial charge < -0.3 is 0 Å². The molecule has 0 saturated carbocycles. The quantitative estimate of drug-likeness (QED) is 0.425. The molecule has 1 aromatic rings. The van der Waals surface area contributed by atoms with Crippen LogP contribution in [-0.4, -0.2) is 25.3 Å². The van der Waals surface area contributed by atoms with Crippen molar-refractivity contribution in [2.75, 3.05) is 12.3 Å². The third-order valence-corrected chi connectivity index (χ3v) is 2.67. The van der Waals surface area contributed by atoms with Gasteiger partial charge in [0.25, 0.3) is 10.1 Å². The normalized spacial score (nSPS) is 11.6. The first kappa shape index (κ1) is 13.1. The van der Waals surface area contributed by atoms with E-state index in [0.717, 1.165) is 5.56 Å². The molecule has 16 heavy (non-hydrogen) atoms.